The van der Waals surface area contributed by atoms with Crippen molar-refractivity contribution in [2.45, 2.75) is 6.92 Å². The number of hydrogen-bond acceptors (Lipinski definition) is 6. The SMILES string of the molecule is COc1ccc(-c2nn(-c3ccccc3)cc2/C=C2\SC(=S)N(NC(=O)c3ccc(C)cc3)C2=O)cc1Br. The molecule has 1 fully saturated rings. The van der Waals surface area contributed by atoms with Gasteiger partial charge in [-0.1, -0.05) is 47.7 Å². The standard InChI is InChI=1S/C28H21BrN4O3S2/c1-17-8-10-18(11-9-17)26(34)31-33-27(35)24(38-28(33)37)15-20-16-32(21-6-4-3-5-7-21)30-25(20)19-12-13-23(36-2)22(29)14-19/h3-16H,1-2H3,(H,31,34)/b24-15-. The molecule has 0 radical (unpaired) electrons. The topological polar surface area (TPSA) is 76.5 Å². The highest BCUT2D eigenvalue weighted by Gasteiger charge is 2.34. The number of carbonyl (C=O) groups excluding carboxylic acids is 2. The van der Waals surface area contributed by atoms with Gasteiger partial charge < -0.3 is 4.74 Å². The average Bonchev–Trinajstić information content (AvgIpc) is 3.46. The van der Waals surface area contributed by atoms with E-state index in [-0.39, 0.29) is 4.32 Å². The number of methoxy groups -OCH3 is 1. The number of rotatable bonds is 6. The first-order valence-electron chi connectivity index (χ1n) is 11.5. The number of thioether (sulfide) groups is 1. The molecule has 0 spiro atoms. The van der Waals surface area contributed by atoms with E-state index in [9.17, 15) is 9.59 Å². The van der Waals surface area contributed by atoms with E-state index in [4.69, 9.17) is 22.1 Å². The number of carbonyl (C=O) groups is 2. The molecule has 1 N–H and O–H groups in total. The molecule has 0 unspecified atom stereocenters. The van der Waals surface area contributed by atoms with Crippen LogP contribution in [0.4, 0.5) is 0 Å². The van der Waals surface area contributed by atoms with E-state index in [1.54, 1.807) is 30.0 Å². The van der Waals surface area contributed by atoms with E-state index < -0.39 is 11.8 Å². The molecule has 2 amide bonds. The quantitative estimate of drug-likeness (QED) is 0.210. The van der Waals surface area contributed by atoms with Crippen LogP contribution in [-0.4, -0.2) is 38.0 Å². The molecule has 5 rings (SSSR count). The molecule has 2 heterocycles. The largest absolute Gasteiger partial charge is 0.496 e. The van der Waals surface area contributed by atoms with Gasteiger partial charge >= 0.3 is 0 Å². The normalized spacial score (nSPS) is 14.3. The zero-order chi connectivity index (χ0) is 26.8. The van der Waals surface area contributed by atoms with Crippen LogP contribution in [0.25, 0.3) is 23.0 Å². The number of aromatic nitrogens is 2. The van der Waals surface area contributed by atoms with Gasteiger partial charge in [0.05, 0.1) is 22.2 Å². The van der Waals surface area contributed by atoms with Gasteiger partial charge in [-0.05, 0) is 83.6 Å². The minimum absolute atomic E-state index is 0.242. The van der Waals surface area contributed by atoms with Crippen LogP contribution in [0.3, 0.4) is 0 Å². The highest BCUT2D eigenvalue weighted by atomic mass is 79.9. The predicted octanol–water partition coefficient (Wildman–Crippen LogP) is 6.17. The number of benzene rings is 3. The summed E-state index contributed by atoms with van der Waals surface area (Å²) in [6.07, 6.45) is 3.61. The van der Waals surface area contributed by atoms with Crippen molar-refractivity contribution in [2.75, 3.05) is 7.11 Å². The molecule has 1 aliphatic rings. The summed E-state index contributed by atoms with van der Waals surface area (Å²) in [6.45, 7) is 1.94. The number of aryl methyl sites for hydroxylation is 1. The van der Waals surface area contributed by atoms with E-state index in [1.807, 2.05) is 73.8 Å². The fourth-order valence-electron chi connectivity index (χ4n) is 3.82. The second kappa shape index (κ2) is 10.9. The molecule has 10 heteroatoms. The van der Waals surface area contributed by atoms with Gasteiger partial charge in [-0.15, -0.1) is 0 Å². The van der Waals surface area contributed by atoms with Crippen LogP contribution in [0.2, 0.25) is 0 Å². The number of nitrogens with one attached hydrogen (secondary N) is 1. The second-order valence-electron chi connectivity index (χ2n) is 8.39. The maximum atomic E-state index is 13.3. The molecule has 0 atom stereocenters. The van der Waals surface area contributed by atoms with Crippen molar-refractivity contribution in [1.29, 1.82) is 0 Å². The first-order chi connectivity index (χ1) is 18.3. The molecule has 4 aromatic rings. The summed E-state index contributed by atoms with van der Waals surface area (Å²) in [4.78, 5) is 26.4. The molecule has 7 nitrogen and oxygen atoms in total. The monoisotopic (exact) mass is 604 g/mol. The number of nitrogens with zero attached hydrogens (tertiary/aromatic N) is 3. The lowest BCUT2D eigenvalue weighted by molar-refractivity contribution is -0.123. The van der Waals surface area contributed by atoms with Gasteiger partial charge in [0.1, 0.15) is 11.4 Å². The summed E-state index contributed by atoms with van der Waals surface area (Å²) >= 11 is 10.1. The van der Waals surface area contributed by atoms with Crippen LogP contribution >= 0.6 is 39.9 Å². The van der Waals surface area contributed by atoms with Gasteiger partial charge in [0.2, 0.25) is 0 Å². The minimum Gasteiger partial charge on any atom is -0.496 e. The van der Waals surface area contributed by atoms with E-state index in [0.29, 0.717) is 21.9 Å². The summed E-state index contributed by atoms with van der Waals surface area (Å²) in [6, 6.07) is 22.5. The molecule has 38 heavy (non-hydrogen) atoms. The summed E-state index contributed by atoms with van der Waals surface area (Å²) in [7, 11) is 1.61. The molecular weight excluding hydrogens is 584 g/mol. The highest BCUT2D eigenvalue weighted by Crippen LogP contribution is 2.36. The number of hydrogen-bond donors (Lipinski definition) is 1. The molecule has 190 valence electrons. The van der Waals surface area contributed by atoms with Crippen molar-refractivity contribution in [3.05, 3.63) is 105 Å². The van der Waals surface area contributed by atoms with Crippen molar-refractivity contribution in [3.63, 3.8) is 0 Å². The molecule has 1 aliphatic heterocycles. The van der Waals surface area contributed by atoms with E-state index in [2.05, 4.69) is 21.4 Å². The fourth-order valence-corrected chi connectivity index (χ4v) is 5.53. The van der Waals surface area contributed by atoms with Crippen LogP contribution in [0.5, 0.6) is 5.75 Å². The lowest BCUT2D eigenvalue weighted by Crippen LogP contribution is -2.44. The zero-order valence-corrected chi connectivity index (χ0v) is 23.6. The lowest BCUT2D eigenvalue weighted by Gasteiger charge is -2.15. The van der Waals surface area contributed by atoms with Gasteiger partial charge in [0.15, 0.2) is 4.32 Å². The Bertz CT molecular complexity index is 1580. The Kier molecular flexibility index (Phi) is 7.46. The number of amides is 2. The van der Waals surface area contributed by atoms with Crippen molar-refractivity contribution in [2.24, 2.45) is 0 Å². The van der Waals surface area contributed by atoms with E-state index >= 15 is 0 Å². The number of thiocarbonyl (C=S) groups is 1. The Morgan fingerprint density at radius 2 is 1.84 bits per heavy atom. The van der Waals surface area contributed by atoms with Gasteiger partial charge in [-0.25, -0.2) is 4.68 Å². The third kappa shape index (κ3) is 5.28. The number of para-hydroxylation sites is 1. The van der Waals surface area contributed by atoms with E-state index in [1.165, 1.54) is 0 Å². The maximum Gasteiger partial charge on any atom is 0.285 e. The Labute approximate surface area is 237 Å². The third-order valence-electron chi connectivity index (χ3n) is 5.80. The third-order valence-corrected chi connectivity index (χ3v) is 7.72. The summed E-state index contributed by atoms with van der Waals surface area (Å²) in [5, 5.41) is 5.93. The lowest BCUT2D eigenvalue weighted by atomic mass is 10.1. The minimum atomic E-state index is -0.414. The number of halogens is 1. The smallest absolute Gasteiger partial charge is 0.285 e. The molecule has 0 aliphatic carbocycles. The second-order valence-corrected chi connectivity index (χ2v) is 10.9. The Balaban J connectivity index is 1.49. The first-order valence-corrected chi connectivity index (χ1v) is 13.5. The van der Waals surface area contributed by atoms with Crippen LogP contribution in [0.15, 0.2) is 88.4 Å². The van der Waals surface area contributed by atoms with Gasteiger partial charge in [-0.2, -0.15) is 10.1 Å². The Morgan fingerprint density at radius 1 is 1.11 bits per heavy atom. The fraction of sp³-hybridized carbons (Fsp3) is 0.0714. The van der Waals surface area contributed by atoms with Crippen LogP contribution in [0.1, 0.15) is 21.5 Å². The number of ether oxygens (including phenoxy) is 1. The Morgan fingerprint density at radius 3 is 2.53 bits per heavy atom. The van der Waals surface area contributed by atoms with E-state index in [0.717, 1.165) is 43.6 Å². The maximum absolute atomic E-state index is 13.3. The van der Waals surface area contributed by atoms with Crippen molar-refractivity contribution in [3.8, 4) is 22.7 Å². The van der Waals surface area contributed by atoms with Gasteiger partial charge in [0, 0.05) is 22.9 Å². The zero-order valence-electron chi connectivity index (χ0n) is 20.3. The van der Waals surface area contributed by atoms with Crippen molar-refractivity contribution in [1.82, 2.24) is 20.2 Å². The molecule has 1 aromatic heterocycles. The van der Waals surface area contributed by atoms with Crippen LogP contribution < -0.4 is 10.2 Å². The highest BCUT2D eigenvalue weighted by molar-refractivity contribution is 9.10. The molecule has 0 bridgehead atoms. The molecule has 0 saturated carbocycles. The molecule has 1 saturated heterocycles. The first kappa shape index (κ1) is 25.9. The van der Waals surface area contributed by atoms with Gasteiger partial charge in [0.25, 0.3) is 11.8 Å². The summed E-state index contributed by atoms with van der Waals surface area (Å²) in [5.41, 5.74) is 7.20. The molecule has 3 aromatic carbocycles. The van der Waals surface area contributed by atoms with Crippen LogP contribution in [0, 0.1) is 6.92 Å². The van der Waals surface area contributed by atoms with Crippen LogP contribution in [-0.2, 0) is 4.79 Å². The van der Waals surface area contributed by atoms with Crippen molar-refractivity contribution < 1.29 is 14.3 Å². The molecular formula is C28H21BrN4O3S2. The van der Waals surface area contributed by atoms with Gasteiger partial charge in [-0.3, -0.25) is 15.0 Å². The predicted molar refractivity (Wildman–Crippen MR) is 157 cm³/mol. The Hall–Kier alpha value is -3.73. The average molecular weight is 606 g/mol. The number of hydrazine groups is 1. The van der Waals surface area contributed by atoms with Crippen molar-refractivity contribution >= 4 is 62.1 Å². The summed E-state index contributed by atoms with van der Waals surface area (Å²) < 4.78 is 8.15. The summed E-state index contributed by atoms with van der Waals surface area (Å²) in [5.74, 6) is -0.124.